The van der Waals surface area contributed by atoms with Crippen LogP contribution in [0, 0.1) is 24.2 Å². The number of aryl methyl sites for hydroxylation is 1. The summed E-state index contributed by atoms with van der Waals surface area (Å²) in [7, 11) is 0. The van der Waals surface area contributed by atoms with Crippen LogP contribution in [0.5, 0.6) is 0 Å². The fraction of sp³-hybridized carbons (Fsp3) is 0.533. The van der Waals surface area contributed by atoms with Crippen molar-refractivity contribution in [3.8, 4) is 6.07 Å². The van der Waals surface area contributed by atoms with Crippen LogP contribution < -0.4 is 0 Å². The summed E-state index contributed by atoms with van der Waals surface area (Å²) in [6.07, 6.45) is 0. The Kier molecular flexibility index (Phi) is 3.43. The summed E-state index contributed by atoms with van der Waals surface area (Å²) in [6, 6.07) is 7.94. The minimum Gasteiger partial charge on any atom is -0.387 e. The molecule has 0 aromatic heterocycles. The third-order valence-electron chi connectivity index (χ3n) is 3.94. The topological polar surface area (TPSA) is 47.3 Å². The average molecular weight is 244 g/mol. The van der Waals surface area contributed by atoms with E-state index in [1.165, 1.54) is 5.56 Å². The molecule has 0 unspecified atom stereocenters. The highest BCUT2D eigenvalue weighted by molar-refractivity contribution is 5.37. The van der Waals surface area contributed by atoms with Gasteiger partial charge in [-0.15, -0.1) is 0 Å². The average Bonchev–Trinajstić information content (AvgIpc) is 2.28. The molecule has 1 N–H and O–H groups in total. The smallest absolute Gasteiger partial charge is 0.0991 e. The Morgan fingerprint density at radius 2 is 2.11 bits per heavy atom. The first-order chi connectivity index (χ1) is 8.44. The van der Waals surface area contributed by atoms with Gasteiger partial charge in [-0.25, -0.2) is 0 Å². The fourth-order valence-electron chi connectivity index (χ4n) is 2.39. The monoisotopic (exact) mass is 244 g/mol. The summed E-state index contributed by atoms with van der Waals surface area (Å²) in [5.41, 5.74) is 2.58. The number of hydrogen-bond acceptors (Lipinski definition) is 3. The Bertz CT molecular complexity index is 482. The highest BCUT2D eigenvalue weighted by Gasteiger charge is 2.43. The highest BCUT2D eigenvalue weighted by Crippen LogP contribution is 2.30. The Morgan fingerprint density at radius 3 is 2.61 bits per heavy atom. The standard InChI is InChI=1S/C15H20N2O/c1-11(2)15(18)9-17(10-15)8-14-5-4-13(7-16)6-12(14)3/h4-6,11,18H,8-10H2,1-3H3. The molecular formula is C15H20N2O. The summed E-state index contributed by atoms with van der Waals surface area (Å²) in [6.45, 7) is 8.49. The van der Waals surface area contributed by atoms with Crippen LogP contribution >= 0.6 is 0 Å². The van der Waals surface area contributed by atoms with E-state index >= 15 is 0 Å². The van der Waals surface area contributed by atoms with Crippen molar-refractivity contribution in [1.82, 2.24) is 4.90 Å². The SMILES string of the molecule is Cc1cc(C#N)ccc1CN1CC(O)(C(C)C)C1. The van der Waals surface area contributed by atoms with E-state index in [0.29, 0.717) is 11.5 Å². The summed E-state index contributed by atoms with van der Waals surface area (Å²) >= 11 is 0. The molecule has 0 amide bonds. The summed E-state index contributed by atoms with van der Waals surface area (Å²) in [5, 5.41) is 19.0. The van der Waals surface area contributed by atoms with Gasteiger partial charge in [-0.05, 0) is 36.1 Å². The number of β-amino-alcohol motifs (C(OH)–C–C–N with tert-alkyl or cyclic N) is 1. The van der Waals surface area contributed by atoms with Gasteiger partial charge in [-0.1, -0.05) is 19.9 Å². The van der Waals surface area contributed by atoms with E-state index in [0.717, 1.165) is 25.2 Å². The van der Waals surface area contributed by atoms with E-state index in [9.17, 15) is 5.11 Å². The Hall–Kier alpha value is -1.37. The number of aliphatic hydroxyl groups is 1. The molecule has 1 saturated heterocycles. The minimum atomic E-state index is -0.513. The molecule has 3 nitrogen and oxygen atoms in total. The lowest BCUT2D eigenvalue weighted by Gasteiger charge is -2.49. The van der Waals surface area contributed by atoms with Crippen LogP contribution in [0.2, 0.25) is 0 Å². The van der Waals surface area contributed by atoms with E-state index in [2.05, 4.69) is 24.8 Å². The lowest BCUT2D eigenvalue weighted by atomic mass is 9.82. The number of benzene rings is 1. The van der Waals surface area contributed by atoms with Gasteiger partial charge in [0.05, 0.1) is 17.2 Å². The normalized spacial score (nSPS) is 18.4. The second-order valence-electron chi connectivity index (χ2n) is 5.66. The third-order valence-corrected chi connectivity index (χ3v) is 3.94. The van der Waals surface area contributed by atoms with Crippen molar-refractivity contribution in [1.29, 1.82) is 5.26 Å². The molecule has 0 spiro atoms. The van der Waals surface area contributed by atoms with Crippen molar-refractivity contribution < 1.29 is 5.11 Å². The molecule has 1 aromatic carbocycles. The van der Waals surface area contributed by atoms with Gasteiger partial charge in [-0.2, -0.15) is 5.26 Å². The Balaban J connectivity index is 1.99. The van der Waals surface area contributed by atoms with Crippen LogP contribution in [0.15, 0.2) is 18.2 Å². The molecule has 96 valence electrons. The van der Waals surface area contributed by atoms with E-state index in [1.807, 2.05) is 25.1 Å². The predicted octanol–water partition coefficient (Wildman–Crippen LogP) is 2.07. The molecule has 18 heavy (non-hydrogen) atoms. The van der Waals surface area contributed by atoms with Crippen molar-refractivity contribution in [2.24, 2.45) is 5.92 Å². The zero-order valence-electron chi connectivity index (χ0n) is 11.3. The first-order valence-electron chi connectivity index (χ1n) is 6.39. The summed E-state index contributed by atoms with van der Waals surface area (Å²) in [4.78, 5) is 2.24. The Morgan fingerprint density at radius 1 is 1.44 bits per heavy atom. The molecule has 0 saturated carbocycles. The molecule has 0 radical (unpaired) electrons. The Labute approximate surface area is 109 Å². The van der Waals surface area contributed by atoms with E-state index in [-0.39, 0.29) is 0 Å². The van der Waals surface area contributed by atoms with Crippen LogP contribution in [-0.4, -0.2) is 28.7 Å². The first-order valence-corrected chi connectivity index (χ1v) is 6.39. The van der Waals surface area contributed by atoms with E-state index < -0.39 is 5.60 Å². The summed E-state index contributed by atoms with van der Waals surface area (Å²) < 4.78 is 0. The maximum absolute atomic E-state index is 10.2. The first kappa shape index (κ1) is 13.1. The molecule has 0 bridgehead atoms. The van der Waals surface area contributed by atoms with Gasteiger partial charge in [0.15, 0.2) is 0 Å². The van der Waals surface area contributed by atoms with Crippen molar-refractivity contribution in [3.05, 3.63) is 34.9 Å². The highest BCUT2D eigenvalue weighted by atomic mass is 16.3. The van der Waals surface area contributed by atoms with Gasteiger partial charge < -0.3 is 5.11 Å². The number of likely N-dealkylation sites (tertiary alicyclic amines) is 1. The largest absolute Gasteiger partial charge is 0.387 e. The molecule has 2 rings (SSSR count). The molecule has 1 aromatic rings. The number of nitrogens with zero attached hydrogens (tertiary/aromatic N) is 2. The van der Waals surface area contributed by atoms with E-state index in [1.54, 1.807) is 0 Å². The maximum atomic E-state index is 10.2. The molecule has 1 aliphatic rings. The van der Waals surface area contributed by atoms with Crippen LogP contribution in [0.3, 0.4) is 0 Å². The predicted molar refractivity (Wildman–Crippen MR) is 71.0 cm³/mol. The van der Waals surface area contributed by atoms with E-state index in [4.69, 9.17) is 5.26 Å². The van der Waals surface area contributed by atoms with Crippen LogP contribution in [-0.2, 0) is 6.54 Å². The number of rotatable bonds is 3. The minimum absolute atomic E-state index is 0.302. The molecule has 0 aliphatic carbocycles. The zero-order chi connectivity index (χ0) is 13.3. The second kappa shape index (κ2) is 4.72. The van der Waals surface area contributed by atoms with Crippen LogP contribution in [0.1, 0.15) is 30.5 Å². The van der Waals surface area contributed by atoms with Crippen molar-refractivity contribution in [2.75, 3.05) is 13.1 Å². The third kappa shape index (κ3) is 2.40. The molecule has 1 heterocycles. The van der Waals surface area contributed by atoms with Gasteiger partial charge in [0.1, 0.15) is 0 Å². The molecular weight excluding hydrogens is 224 g/mol. The van der Waals surface area contributed by atoms with Gasteiger partial charge in [0, 0.05) is 19.6 Å². The lowest BCUT2D eigenvalue weighted by Crippen LogP contribution is -2.63. The fourth-order valence-corrected chi connectivity index (χ4v) is 2.39. The summed E-state index contributed by atoms with van der Waals surface area (Å²) in [5.74, 6) is 0.302. The molecule has 3 heteroatoms. The number of nitriles is 1. The van der Waals surface area contributed by atoms with Crippen molar-refractivity contribution in [2.45, 2.75) is 32.9 Å². The van der Waals surface area contributed by atoms with Gasteiger partial charge in [0.25, 0.3) is 0 Å². The van der Waals surface area contributed by atoms with Crippen molar-refractivity contribution in [3.63, 3.8) is 0 Å². The van der Waals surface area contributed by atoms with Crippen LogP contribution in [0.4, 0.5) is 0 Å². The molecule has 1 aliphatic heterocycles. The van der Waals surface area contributed by atoms with Gasteiger partial charge in [-0.3, -0.25) is 4.90 Å². The molecule has 0 atom stereocenters. The number of hydrogen-bond donors (Lipinski definition) is 1. The van der Waals surface area contributed by atoms with Gasteiger partial charge >= 0.3 is 0 Å². The second-order valence-corrected chi connectivity index (χ2v) is 5.66. The quantitative estimate of drug-likeness (QED) is 0.885. The van der Waals surface area contributed by atoms with Crippen LogP contribution in [0.25, 0.3) is 0 Å². The van der Waals surface area contributed by atoms with Crippen molar-refractivity contribution >= 4 is 0 Å². The van der Waals surface area contributed by atoms with Gasteiger partial charge in [0.2, 0.25) is 0 Å². The lowest BCUT2D eigenvalue weighted by molar-refractivity contribution is -0.130. The molecule has 1 fully saturated rings. The maximum Gasteiger partial charge on any atom is 0.0991 e. The zero-order valence-corrected chi connectivity index (χ0v) is 11.3.